The molecule has 0 bridgehead atoms. The Labute approximate surface area is 181 Å². The van der Waals surface area contributed by atoms with E-state index in [0.717, 1.165) is 0 Å². The number of rotatable bonds is 4. The van der Waals surface area contributed by atoms with Crippen LogP contribution in [-0.2, 0) is 0 Å². The van der Waals surface area contributed by atoms with Gasteiger partial charge >= 0.3 is 6.03 Å². The van der Waals surface area contributed by atoms with Gasteiger partial charge in [0.05, 0.1) is 18.8 Å². The number of carbonyl (C=O) groups excluding carboxylic acids is 2. The van der Waals surface area contributed by atoms with Crippen molar-refractivity contribution in [1.82, 2.24) is 25.2 Å². The molecule has 2 N–H and O–H groups in total. The molecular weight excluding hydrogens is 425 g/mol. The summed E-state index contributed by atoms with van der Waals surface area (Å²) in [7, 11) is 0. The summed E-state index contributed by atoms with van der Waals surface area (Å²) in [6.07, 6.45) is 2.24. The van der Waals surface area contributed by atoms with Crippen molar-refractivity contribution < 1.29 is 22.8 Å². The molecule has 3 amide bonds. The molecule has 1 atom stereocenters. The molecule has 32 heavy (non-hydrogen) atoms. The number of alkyl halides is 2. The number of hydrogen-bond donors (Lipinski definition) is 2. The number of halogens is 3. The highest BCUT2D eigenvalue weighted by atomic mass is 19.3. The van der Waals surface area contributed by atoms with E-state index in [4.69, 9.17) is 0 Å². The summed E-state index contributed by atoms with van der Waals surface area (Å²) >= 11 is 0. The summed E-state index contributed by atoms with van der Waals surface area (Å²) in [5.41, 5.74) is 0.519. The van der Waals surface area contributed by atoms with Crippen LogP contribution < -0.4 is 15.5 Å². The second-order valence-electron chi connectivity index (χ2n) is 7.95. The maximum atomic E-state index is 14.3. The Morgan fingerprint density at radius 2 is 2.03 bits per heavy atom. The van der Waals surface area contributed by atoms with Gasteiger partial charge in [0.25, 0.3) is 11.8 Å². The minimum Gasteiger partial charge on any atom is -0.343 e. The highest BCUT2D eigenvalue weighted by Crippen LogP contribution is 2.43. The molecule has 0 radical (unpaired) electrons. The molecule has 1 saturated heterocycles. The zero-order chi connectivity index (χ0) is 23.0. The predicted molar refractivity (Wildman–Crippen MR) is 110 cm³/mol. The van der Waals surface area contributed by atoms with Gasteiger partial charge in [-0.05, 0) is 37.6 Å². The third-order valence-electron chi connectivity index (χ3n) is 5.04. The van der Waals surface area contributed by atoms with E-state index in [0.29, 0.717) is 5.56 Å². The Kier molecular flexibility index (Phi) is 5.49. The number of amides is 3. The van der Waals surface area contributed by atoms with Gasteiger partial charge < -0.3 is 10.2 Å². The quantitative estimate of drug-likeness (QED) is 0.642. The zero-order valence-corrected chi connectivity index (χ0v) is 17.3. The third-order valence-corrected chi connectivity index (χ3v) is 5.04. The number of imide groups is 1. The van der Waals surface area contributed by atoms with Crippen LogP contribution in [0.15, 0.2) is 42.7 Å². The summed E-state index contributed by atoms with van der Waals surface area (Å²) in [6, 6.07) is 5.39. The van der Waals surface area contributed by atoms with E-state index in [-0.39, 0.29) is 23.1 Å². The molecule has 4 rings (SSSR count). The molecule has 11 heteroatoms. The van der Waals surface area contributed by atoms with Gasteiger partial charge in [0.1, 0.15) is 17.2 Å². The standard InChI is InChI=1S/C21H21F3N6O2/c1-12(2)26-20(32)28-19(31)15-10-25-30-7-6-17(27-18(15)30)29-11-21(23,24)9-16(29)13-4-3-5-14(22)8-13/h3-8,10,12,16H,9,11H2,1-2H3,(H2,26,28,31,32). The fraction of sp³-hybridized carbons (Fsp3) is 0.333. The van der Waals surface area contributed by atoms with Gasteiger partial charge in [0.2, 0.25) is 0 Å². The maximum absolute atomic E-state index is 14.3. The lowest BCUT2D eigenvalue weighted by molar-refractivity contribution is 0.0222. The van der Waals surface area contributed by atoms with Crippen molar-refractivity contribution in [2.75, 3.05) is 11.4 Å². The summed E-state index contributed by atoms with van der Waals surface area (Å²) in [5.74, 6) is -4.06. The van der Waals surface area contributed by atoms with Crippen molar-refractivity contribution in [3.05, 3.63) is 59.7 Å². The molecule has 1 aliphatic rings. The van der Waals surface area contributed by atoms with E-state index < -0.39 is 42.7 Å². The van der Waals surface area contributed by atoms with Crippen LogP contribution in [0.2, 0.25) is 0 Å². The number of nitrogens with one attached hydrogen (secondary N) is 2. The Morgan fingerprint density at radius 1 is 1.25 bits per heavy atom. The smallest absolute Gasteiger partial charge is 0.321 e. The van der Waals surface area contributed by atoms with Gasteiger partial charge in [-0.3, -0.25) is 10.1 Å². The lowest BCUT2D eigenvalue weighted by Gasteiger charge is -2.25. The average molecular weight is 446 g/mol. The predicted octanol–water partition coefficient (Wildman–Crippen LogP) is 3.30. The Hall–Kier alpha value is -3.63. The molecular formula is C21H21F3N6O2. The number of carbonyl (C=O) groups is 2. The molecule has 3 aromatic rings. The van der Waals surface area contributed by atoms with Crippen LogP contribution in [0, 0.1) is 5.82 Å². The van der Waals surface area contributed by atoms with Gasteiger partial charge in [-0.1, -0.05) is 12.1 Å². The number of nitrogens with zero attached hydrogens (tertiary/aromatic N) is 4. The molecule has 1 unspecified atom stereocenters. The number of urea groups is 1. The largest absolute Gasteiger partial charge is 0.343 e. The van der Waals surface area contributed by atoms with Crippen molar-refractivity contribution in [2.24, 2.45) is 0 Å². The lowest BCUT2D eigenvalue weighted by atomic mass is 10.0. The van der Waals surface area contributed by atoms with Gasteiger partial charge in [0.15, 0.2) is 5.65 Å². The molecule has 8 nitrogen and oxygen atoms in total. The van der Waals surface area contributed by atoms with E-state index in [1.54, 1.807) is 19.9 Å². The molecule has 2 aromatic heterocycles. The van der Waals surface area contributed by atoms with Crippen LogP contribution in [0.25, 0.3) is 5.65 Å². The topological polar surface area (TPSA) is 91.6 Å². The fourth-order valence-electron chi connectivity index (χ4n) is 3.72. The van der Waals surface area contributed by atoms with Gasteiger partial charge in [-0.25, -0.2) is 27.5 Å². The van der Waals surface area contributed by atoms with Crippen molar-refractivity contribution in [2.45, 2.75) is 38.3 Å². The summed E-state index contributed by atoms with van der Waals surface area (Å²) in [4.78, 5) is 30.1. The van der Waals surface area contributed by atoms with Crippen LogP contribution in [0.3, 0.4) is 0 Å². The Balaban J connectivity index is 1.67. The number of hydrogen-bond acceptors (Lipinski definition) is 5. The van der Waals surface area contributed by atoms with E-state index >= 15 is 0 Å². The number of fused-ring (bicyclic) bond motifs is 1. The minimum atomic E-state index is -3.00. The number of benzene rings is 1. The highest BCUT2D eigenvalue weighted by molar-refractivity contribution is 6.07. The minimum absolute atomic E-state index is 0.0130. The number of aromatic nitrogens is 3. The SMILES string of the molecule is CC(C)NC(=O)NC(=O)c1cnn2ccc(N3CC(F)(F)CC3c3cccc(F)c3)nc12. The first kappa shape index (κ1) is 21.6. The first-order chi connectivity index (χ1) is 15.1. The van der Waals surface area contributed by atoms with Crippen LogP contribution >= 0.6 is 0 Å². The maximum Gasteiger partial charge on any atom is 0.321 e. The average Bonchev–Trinajstić information content (AvgIpc) is 3.27. The first-order valence-electron chi connectivity index (χ1n) is 9.99. The highest BCUT2D eigenvalue weighted by Gasteiger charge is 2.46. The van der Waals surface area contributed by atoms with Gasteiger partial charge in [-0.2, -0.15) is 5.10 Å². The fourth-order valence-corrected chi connectivity index (χ4v) is 3.72. The molecule has 0 aliphatic carbocycles. The van der Waals surface area contributed by atoms with Crippen LogP contribution in [0.5, 0.6) is 0 Å². The second-order valence-corrected chi connectivity index (χ2v) is 7.95. The van der Waals surface area contributed by atoms with Crippen molar-refractivity contribution in [3.8, 4) is 0 Å². The van der Waals surface area contributed by atoms with Crippen LogP contribution in [0.1, 0.15) is 42.2 Å². The van der Waals surface area contributed by atoms with Crippen molar-refractivity contribution in [1.29, 1.82) is 0 Å². The third kappa shape index (κ3) is 4.36. The van der Waals surface area contributed by atoms with Crippen molar-refractivity contribution >= 4 is 23.4 Å². The molecule has 1 aliphatic heterocycles. The van der Waals surface area contributed by atoms with E-state index in [1.807, 2.05) is 0 Å². The normalized spacial score (nSPS) is 17.7. The van der Waals surface area contributed by atoms with E-state index in [9.17, 15) is 22.8 Å². The summed E-state index contributed by atoms with van der Waals surface area (Å²) in [5, 5.41) is 8.77. The molecule has 1 fully saturated rings. The van der Waals surface area contributed by atoms with Crippen molar-refractivity contribution in [3.63, 3.8) is 0 Å². The second kappa shape index (κ2) is 8.13. The molecule has 3 heterocycles. The number of anilines is 1. The van der Waals surface area contributed by atoms with E-state index in [2.05, 4.69) is 20.7 Å². The molecule has 0 saturated carbocycles. The lowest BCUT2D eigenvalue weighted by Crippen LogP contribution is -2.42. The van der Waals surface area contributed by atoms with Crippen LogP contribution in [0.4, 0.5) is 23.8 Å². The van der Waals surface area contributed by atoms with Gasteiger partial charge in [-0.15, -0.1) is 0 Å². The summed E-state index contributed by atoms with van der Waals surface area (Å²) in [6.45, 7) is 2.88. The van der Waals surface area contributed by atoms with E-state index in [1.165, 1.54) is 46.1 Å². The summed E-state index contributed by atoms with van der Waals surface area (Å²) < 4.78 is 43.7. The van der Waals surface area contributed by atoms with Gasteiger partial charge in [0, 0.05) is 18.7 Å². The zero-order valence-electron chi connectivity index (χ0n) is 17.3. The monoisotopic (exact) mass is 446 g/mol. The first-order valence-corrected chi connectivity index (χ1v) is 9.99. The van der Waals surface area contributed by atoms with Crippen LogP contribution in [-0.4, -0.2) is 45.0 Å². The molecule has 0 spiro atoms. The Morgan fingerprint density at radius 3 is 2.75 bits per heavy atom. The Bertz CT molecular complexity index is 1180. The molecule has 168 valence electrons. The molecule has 1 aromatic carbocycles.